The number of anilines is 1. The lowest BCUT2D eigenvalue weighted by Gasteiger charge is -2.29. The minimum absolute atomic E-state index is 0.0115. The van der Waals surface area contributed by atoms with Gasteiger partial charge in [0.1, 0.15) is 29.9 Å². The Balaban J connectivity index is 1.25. The molecule has 222 valence electrons. The number of carbonyl (C=O) groups is 5. The molecule has 0 radical (unpaired) electrons. The Labute approximate surface area is 242 Å². The molecule has 1 saturated heterocycles. The molecule has 0 saturated carbocycles. The topological polar surface area (TPSA) is 166 Å². The molecule has 5 rings (SSSR count). The molecule has 5 amide bonds. The molecule has 2 aliphatic rings. The van der Waals surface area contributed by atoms with Crippen LogP contribution in [-0.2, 0) is 32.3 Å². The van der Waals surface area contributed by atoms with Crippen molar-refractivity contribution in [3.8, 4) is 17.2 Å². The number of carbonyl (C=O) groups excluding carboxylic acids is 5. The summed E-state index contributed by atoms with van der Waals surface area (Å²) >= 11 is 0. The quantitative estimate of drug-likeness (QED) is 0.318. The number of hydrogen-bond acceptors (Lipinski definition) is 8. The lowest BCUT2D eigenvalue weighted by Crippen LogP contribution is -2.52. The molecule has 2 heterocycles. The van der Waals surface area contributed by atoms with Gasteiger partial charge in [0, 0.05) is 30.3 Å². The van der Waals surface area contributed by atoms with Gasteiger partial charge in [-0.1, -0.05) is 12.1 Å². The third kappa shape index (κ3) is 6.53. The predicted molar refractivity (Wildman–Crippen MR) is 144 cm³/mol. The fourth-order valence-electron chi connectivity index (χ4n) is 4.66. The largest absolute Gasteiger partial charge is 0.483 e. The van der Waals surface area contributed by atoms with E-state index in [1.54, 1.807) is 12.1 Å². The molecule has 4 N–H and O–H groups in total. The van der Waals surface area contributed by atoms with Crippen LogP contribution in [0.5, 0.6) is 17.2 Å². The molecular formula is C29H24F2N4O8. The Bertz CT molecular complexity index is 1630. The highest BCUT2D eigenvalue weighted by Gasteiger charge is 2.41. The standard InChI is InChI=1S/C29H24F2N4O8/c30-20-8-7-19(11-21(20)31)43-18-5-3-17(4-6-18)33-29(40)42-13-16-2-1-15-12-35(22-9-10-24(37)34-27(22)38)28(39)25(15)26(16)41-14-23(32)36/h1-8,11,22H,9-10,12-14H2,(H2,32,36)(H,33,40)(H,34,37,38). The lowest BCUT2D eigenvalue weighted by molar-refractivity contribution is -0.137. The average molecular weight is 595 g/mol. The number of fused-ring (bicyclic) bond motifs is 1. The maximum absolute atomic E-state index is 13.4. The second-order valence-corrected chi connectivity index (χ2v) is 9.65. The van der Waals surface area contributed by atoms with Crippen molar-refractivity contribution in [2.24, 2.45) is 5.73 Å². The van der Waals surface area contributed by atoms with Gasteiger partial charge in [-0.05, 0) is 48.4 Å². The molecule has 3 aromatic carbocycles. The molecule has 3 aromatic rings. The van der Waals surface area contributed by atoms with E-state index in [0.717, 1.165) is 12.1 Å². The molecule has 0 spiro atoms. The number of nitrogens with two attached hydrogens (primary N) is 1. The summed E-state index contributed by atoms with van der Waals surface area (Å²) in [7, 11) is 0. The highest BCUT2D eigenvalue weighted by molar-refractivity contribution is 6.06. The summed E-state index contributed by atoms with van der Waals surface area (Å²) in [6, 6.07) is 11.4. The number of benzene rings is 3. The Morgan fingerprint density at radius 2 is 1.74 bits per heavy atom. The number of nitrogens with one attached hydrogen (secondary N) is 2. The van der Waals surface area contributed by atoms with Crippen LogP contribution in [0.2, 0.25) is 0 Å². The second-order valence-electron chi connectivity index (χ2n) is 9.65. The van der Waals surface area contributed by atoms with E-state index in [1.165, 1.54) is 35.2 Å². The third-order valence-electron chi connectivity index (χ3n) is 6.67. The van der Waals surface area contributed by atoms with Crippen molar-refractivity contribution in [2.75, 3.05) is 11.9 Å². The molecule has 1 unspecified atom stereocenters. The van der Waals surface area contributed by atoms with Gasteiger partial charge < -0.3 is 24.8 Å². The molecule has 12 nitrogen and oxygen atoms in total. The van der Waals surface area contributed by atoms with Gasteiger partial charge in [-0.2, -0.15) is 0 Å². The Hall–Kier alpha value is -5.53. The van der Waals surface area contributed by atoms with Crippen LogP contribution in [0, 0.1) is 11.6 Å². The molecule has 2 aliphatic heterocycles. The minimum atomic E-state index is -1.05. The van der Waals surface area contributed by atoms with Crippen molar-refractivity contribution in [2.45, 2.75) is 32.0 Å². The van der Waals surface area contributed by atoms with E-state index in [4.69, 9.17) is 19.9 Å². The minimum Gasteiger partial charge on any atom is -0.483 e. The van der Waals surface area contributed by atoms with Crippen LogP contribution in [-0.4, -0.2) is 47.3 Å². The van der Waals surface area contributed by atoms with E-state index < -0.39 is 54.0 Å². The van der Waals surface area contributed by atoms with Gasteiger partial charge in [0.2, 0.25) is 11.8 Å². The fourth-order valence-corrected chi connectivity index (χ4v) is 4.66. The number of imide groups is 1. The van der Waals surface area contributed by atoms with Gasteiger partial charge in [-0.15, -0.1) is 0 Å². The SMILES string of the molecule is NC(=O)COc1c(COC(=O)Nc2ccc(Oc3ccc(F)c(F)c3)cc2)ccc2c1C(=O)N(C1CCC(=O)NC1=O)C2. The van der Waals surface area contributed by atoms with E-state index in [-0.39, 0.29) is 48.6 Å². The molecular weight excluding hydrogens is 570 g/mol. The zero-order valence-electron chi connectivity index (χ0n) is 22.4. The van der Waals surface area contributed by atoms with Gasteiger partial charge >= 0.3 is 6.09 Å². The smallest absolute Gasteiger partial charge is 0.411 e. The summed E-state index contributed by atoms with van der Waals surface area (Å²) in [5.41, 5.74) is 6.46. The first-order valence-corrected chi connectivity index (χ1v) is 13.0. The van der Waals surface area contributed by atoms with E-state index in [1.807, 2.05) is 0 Å². The Morgan fingerprint density at radius 1 is 1.00 bits per heavy atom. The number of primary amides is 1. The first kappa shape index (κ1) is 29.0. The molecule has 1 fully saturated rings. The number of halogens is 2. The third-order valence-corrected chi connectivity index (χ3v) is 6.67. The van der Waals surface area contributed by atoms with Crippen LogP contribution in [0.1, 0.15) is 34.3 Å². The summed E-state index contributed by atoms with van der Waals surface area (Å²) in [5.74, 6) is -4.02. The van der Waals surface area contributed by atoms with Gasteiger partial charge in [-0.25, -0.2) is 13.6 Å². The molecule has 14 heteroatoms. The van der Waals surface area contributed by atoms with E-state index in [9.17, 15) is 32.8 Å². The number of ether oxygens (including phenoxy) is 3. The van der Waals surface area contributed by atoms with Crippen molar-refractivity contribution in [3.63, 3.8) is 0 Å². The summed E-state index contributed by atoms with van der Waals surface area (Å²) in [5, 5.41) is 4.75. The maximum atomic E-state index is 13.4. The number of rotatable bonds is 9. The molecule has 43 heavy (non-hydrogen) atoms. The van der Waals surface area contributed by atoms with Gasteiger partial charge in [0.15, 0.2) is 18.2 Å². The summed E-state index contributed by atoms with van der Waals surface area (Å²) in [6.07, 6.45) is -0.609. The summed E-state index contributed by atoms with van der Waals surface area (Å²) in [6.45, 7) is -0.832. The first-order valence-electron chi connectivity index (χ1n) is 13.0. The van der Waals surface area contributed by atoms with Gasteiger partial charge in [-0.3, -0.25) is 29.8 Å². The maximum Gasteiger partial charge on any atom is 0.411 e. The van der Waals surface area contributed by atoms with Crippen LogP contribution in [0.3, 0.4) is 0 Å². The zero-order valence-corrected chi connectivity index (χ0v) is 22.4. The van der Waals surface area contributed by atoms with Crippen molar-refractivity contribution in [1.82, 2.24) is 10.2 Å². The van der Waals surface area contributed by atoms with Crippen LogP contribution in [0.4, 0.5) is 19.3 Å². The molecule has 0 aromatic heterocycles. The molecule has 0 aliphatic carbocycles. The van der Waals surface area contributed by atoms with Crippen molar-refractivity contribution in [1.29, 1.82) is 0 Å². The molecule has 1 atom stereocenters. The van der Waals surface area contributed by atoms with Crippen LogP contribution < -0.4 is 25.8 Å². The fraction of sp³-hybridized carbons (Fsp3) is 0.207. The number of piperidine rings is 1. The van der Waals surface area contributed by atoms with Crippen molar-refractivity contribution in [3.05, 3.63) is 82.9 Å². The summed E-state index contributed by atoms with van der Waals surface area (Å²) in [4.78, 5) is 62.6. The number of amides is 5. The van der Waals surface area contributed by atoms with Gasteiger partial charge in [0.25, 0.3) is 11.8 Å². The molecule has 0 bridgehead atoms. The lowest BCUT2D eigenvalue weighted by atomic mass is 10.0. The predicted octanol–water partition coefficient (Wildman–Crippen LogP) is 3.13. The zero-order chi connectivity index (χ0) is 30.7. The Kier molecular flexibility index (Phi) is 8.18. The van der Waals surface area contributed by atoms with Crippen LogP contribution in [0.25, 0.3) is 0 Å². The average Bonchev–Trinajstić information content (AvgIpc) is 3.30. The first-order chi connectivity index (χ1) is 20.6. The monoisotopic (exact) mass is 594 g/mol. The highest BCUT2D eigenvalue weighted by atomic mass is 19.2. The van der Waals surface area contributed by atoms with E-state index in [2.05, 4.69) is 10.6 Å². The van der Waals surface area contributed by atoms with Crippen LogP contribution >= 0.6 is 0 Å². The van der Waals surface area contributed by atoms with Crippen molar-refractivity contribution < 1.29 is 47.0 Å². The summed E-state index contributed by atoms with van der Waals surface area (Å²) < 4.78 is 42.9. The normalized spacial score (nSPS) is 15.9. The van der Waals surface area contributed by atoms with Crippen LogP contribution in [0.15, 0.2) is 54.6 Å². The van der Waals surface area contributed by atoms with Gasteiger partial charge in [0.05, 0.1) is 5.56 Å². The van der Waals surface area contributed by atoms with E-state index >= 15 is 0 Å². The number of nitrogens with zero attached hydrogens (tertiary/aromatic N) is 1. The number of hydrogen-bond donors (Lipinski definition) is 3. The Morgan fingerprint density at radius 3 is 2.44 bits per heavy atom. The highest BCUT2D eigenvalue weighted by Crippen LogP contribution is 2.36. The van der Waals surface area contributed by atoms with E-state index in [0.29, 0.717) is 17.0 Å². The second kappa shape index (κ2) is 12.1. The van der Waals surface area contributed by atoms with Crippen molar-refractivity contribution >= 4 is 35.4 Å².